The molecule has 2 aromatic carbocycles. The van der Waals surface area contributed by atoms with Gasteiger partial charge in [0.05, 0.1) is 5.69 Å². The molecule has 0 N–H and O–H groups in total. The van der Waals surface area contributed by atoms with Gasteiger partial charge in [0.25, 0.3) is 0 Å². The van der Waals surface area contributed by atoms with Crippen molar-refractivity contribution in [1.82, 2.24) is 4.98 Å². The number of halogens is 3. The minimum atomic E-state index is -4.48. The first-order valence-electron chi connectivity index (χ1n) is 6.74. The summed E-state index contributed by atoms with van der Waals surface area (Å²) < 4.78 is 39.4. The molecule has 22 heavy (non-hydrogen) atoms. The minimum Gasteiger partial charge on any atom is -0.243 e. The number of benzene rings is 2. The summed E-state index contributed by atoms with van der Waals surface area (Å²) >= 11 is 0. The van der Waals surface area contributed by atoms with Crippen LogP contribution in [0.2, 0.25) is 0 Å². The van der Waals surface area contributed by atoms with Crippen molar-refractivity contribution in [2.45, 2.75) is 6.18 Å². The van der Waals surface area contributed by atoms with Crippen LogP contribution in [0.15, 0.2) is 72.8 Å². The van der Waals surface area contributed by atoms with Crippen LogP contribution in [0.5, 0.6) is 0 Å². The summed E-state index contributed by atoms with van der Waals surface area (Å²) in [4.78, 5) is 3.78. The van der Waals surface area contributed by atoms with Crippen LogP contribution in [-0.4, -0.2) is 4.98 Å². The zero-order chi connectivity index (χ0) is 15.6. The highest BCUT2D eigenvalue weighted by atomic mass is 19.4. The quantitative estimate of drug-likeness (QED) is 0.614. The van der Waals surface area contributed by atoms with Crippen molar-refractivity contribution in [3.05, 3.63) is 78.5 Å². The maximum Gasteiger partial charge on any atom is 0.433 e. The van der Waals surface area contributed by atoms with Crippen LogP contribution in [0.25, 0.3) is 22.4 Å². The van der Waals surface area contributed by atoms with Gasteiger partial charge in [-0.15, -0.1) is 0 Å². The second kappa shape index (κ2) is 5.64. The van der Waals surface area contributed by atoms with Crippen LogP contribution in [0.4, 0.5) is 13.2 Å². The molecular formula is C18H12F3N. The molecule has 0 saturated heterocycles. The molecule has 0 atom stereocenters. The summed E-state index contributed by atoms with van der Waals surface area (Å²) in [5, 5.41) is 0. The summed E-state index contributed by atoms with van der Waals surface area (Å²) in [7, 11) is 0. The third kappa shape index (κ3) is 3.01. The van der Waals surface area contributed by atoms with Gasteiger partial charge in [0.15, 0.2) is 0 Å². The number of hydrogen-bond acceptors (Lipinski definition) is 1. The number of rotatable bonds is 2. The number of hydrogen-bond donors (Lipinski definition) is 0. The number of aromatic nitrogens is 1. The number of pyridine rings is 1. The van der Waals surface area contributed by atoms with Gasteiger partial charge >= 0.3 is 6.18 Å². The summed E-state index contributed by atoms with van der Waals surface area (Å²) in [5.41, 5.74) is 1.32. The Bertz CT molecular complexity index is 708. The summed E-state index contributed by atoms with van der Waals surface area (Å²) in [6, 6.07) is 20.6. The van der Waals surface area contributed by atoms with E-state index in [1.54, 1.807) is 54.6 Å². The minimum absolute atomic E-state index is 0.314. The highest BCUT2D eigenvalue weighted by Gasteiger charge is 2.33. The van der Waals surface area contributed by atoms with Crippen LogP contribution in [0, 0.1) is 0 Å². The maximum atomic E-state index is 13.1. The first-order chi connectivity index (χ1) is 10.5. The predicted octanol–water partition coefficient (Wildman–Crippen LogP) is 5.43. The molecule has 3 rings (SSSR count). The van der Waals surface area contributed by atoms with E-state index < -0.39 is 11.9 Å². The molecule has 0 aliphatic carbocycles. The van der Waals surface area contributed by atoms with Crippen molar-refractivity contribution in [3.63, 3.8) is 0 Å². The molecule has 0 unspecified atom stereocenters. The molecule has 1 heterocycles. The Balaban J connectivity index is 2.19. The lowest BCUT2D eigenvalue weighted by molar-refractivity contribution is -0.141. The smallest absolute Gasteiger partial charge is 0.243 e. The lowest BCUT2D eigenvalue weighted by atomic mass is 10.0. The molecule has 0 fully saturated rings. The standard InChI is InChI=1S/C18H12F3N/c19-18(20,21)17-12-15(13-7-3-1-4-8-13)11-16(22-17)14-9-5-2-6-10-14/h1-12H. The fraction of sp³-hybridized carbons (Fsp3) is 0.0556. The average Bonchev–Trinajstić information content (AvgIpc) is 2.55. The third-order valence-electron chi connectivity index (χ3n) is 3.29. The molecule has 110 valence electrons. The van der Waals surface area contributed by atoms with Gasteiger partial charge in [0, 0.05) is 5.56 Å². The summed E-state index contributed by atoms with van der Waals surface area (Å²) in [6.45, 7) is 0. The summed E-state index contributed by atoms with van der Waals surface area (Å²) in [6.07, 6.45) is -4.48. The van der Waals surface area contributed by atoms with Gasteiger partial charge in [-0.25, -0.2) is 4.98 Å². The fourth-order valence-corrected chi connectivity index (χ4v) is 2.23. The molecule has 0 saturated carbocycles. The van der Waals surface area contributed by atoms with Crippen molar-refractivity contribution in [3.8, 4) is 22.4 Å². The SMILES string of the molecule is FC(F)(F)c1cc(-c2ccccc2)cc(-c2ccccc2)n1. The van der Waals surface area contributed by atoms with Gasteiger partial charge in [-0.05, 0) is 23.3 Å². The molecule has 3 aromatic rings. The molecular weight excluding hydrogens is 287 g/mol. The first-order valence-corrected chi connectivity index (χ1v) is 6.74. The molecule has 0 spiro atoms. The monoisotopic (exact) mass is 299 g/mol. The van der Waals surface area contributed by atoms with Crippen molar-refractivity contribution in [2.75, 3.05) is 0 Å². The normalized spacial score (nSPS) is 11.4. The highest BCUT2D eigenvalue weighted by Crippen LogP contribution is 2.33. The lowest BCUT2D eigenvalue weighted by Crippen LogP contribution is -2.08. The highest BCUT2D eigenvalue weighted by molar-refractivity contribution is 5.71. The molecule has 1 nitrogen and oxygen atoms in total. The van der Waals surface area contributed by atoms with Crippen molar-refractivity contribution in [2.24, 2.45) is 0 Å². The molecule has 0 radical (unpaired) electrons. The molecule has 1 aromatic heterocycles. The Morgan fingerprint density at radius 1 is 0.636 bits per heavy atom. The van der Waals surface area contributed by atoms with Crippen LogP contribution < -0.4 is 0 Å². The van der Waals surface area contributed by atoms with E-state index >= 15 is 0 Å². The van der Waals surface area contributed by atoms with E-state index in [-0.39, 0.29) is 0 Å². The Morgan fingerprint density at radius 3 is 1.73 bits per heavy atom. The number of alkyl halides is 3. The molecule has 4 heteroatoms. The Labute approximate surface area is 126 Å². The van der Waals surface area contributed by atoms with Crippen molar-refractivity contribution in [1.29, 1.82) is 0 Å². The Morgan fingerprint density at radius 2 is 1.18 bits per heavy atom. The van der Waals surface area contributed by atoms with Gasteiger partial charge in [-0.2, -0.15) is 13.2 Å². The van der Waals surface area contributed by atoms with E-state index in [1.165, 1.54) is 0 Å². The van der Waals surface area contributed by atoms with Gasteiger partial charge < -0.3 is 0 Å². The van der Waals surface area contributed by atoms with E-state index in [9.17, 15) is 13.2 Å². The van der Waals surface area contributed by atoms with Crippen LogP contribution in [-0.2, 0) is 6.18 Å². The van der Waals surface area contributed by atoms with Gasteiger partial charge in [-0.1, -0.05) is 60.7 Å². The molecule has 0 bridgehead atoms. The van der Waals surface area contributed by atoms with E-state index in [0.29, 0.717) is 16.8 Å². The third-order valence-corrected chi connectivity index (χ3v) is 3.29. The van der Waals surface area contributed by atoms with E-state index in [4.69, 9.17) is 0 Å². The van der Waals surface area contributed by atoms with Crippen LogP contribution in [0.3, 0.4) is 0 Å². The Kier molecular flexibility index (Phi) is 3.67. The largest absolute Gasteiger partial charge is 0.433 e. The first kappa shape index (κ1) is 14.3. The predicted molar refractivity (Wildman–Crippen MR) is 80.1 cm³/mol. The molecule has 0 amide bonds. The zero-order valence-corrected chi connectivity index (χ0v) is 11.5. The van der Waals surface area contributed by atoms with Crippen LogP contribution in [0.1, 0.15) is 5.69 Å². The van der Waals surface area contributed by atoms with Gasteiger partial charge in [0.2, 0.25) is 0 Å². The zero-order valence-electron chi connectivity index (χ0n) is 11.5. The fourth-order valence-electron chi connectivity index (χ4n) is 2.23. The summed E-state index contributed by atoms with van der Waals surface area (Å²) in [5.74, 6) is 0. The molecule has 0 aliphatic rings. The van der Waals surface area contributed by atoms with Crippen molar-refractivity contribution >= 4 is 0 Å². The second-order valence-electron chi connectivity index (χ2n) is 4.86. The topological polar surface area (TPSA) is 12.9 Å². The van der Waals surface area contributed by atoms with Gasteiger partial charge in [-0.3, -0.25) is 0 Å². The van der Waals surface area contributed by atoms with E-state index in [0.717, 1.165) is 11.6 Å². The van der Waals surface area contributed by atoms with Crippen molar-refractivity contribution < 1.29 is 13.2 Å². The van der Waals surface area contributed by atoms with Gasteiger partial charge in [0.1, 0.15) is 5.69 Å². The second-order valence-corrected chi connectivity index (χ2v) is 4.86. The van der Waals surface area contributed by atoms with Crippen LogP contribution >= 0.6 is 0 Å². The van der Waals surface area contributed by atoms with E-state index in [2.05, 4.69) is 4.98 Å². The Hall–Kier alpha value is -2.62. The van der Waals surface area contributed by atoms with E-state index in [1.807, 2.05) is 12.1 Å². The lowest BCUT2D eigenvalue weighted by Gasteiger charge is -2.11. The maximum absolute atomic E-state index is 13.1. The molecule has 0 aliphatic heterocycles. The number of nitrogens with zero attached hydrogens (tertiary/aromatic N) is 1. The average molecular weight is 299 g/mol.